The molecule has 0 spiro atoms. The van der Waals surface area contributed by atoms with Crippen molar-refractivity contribution in [3.05, 3.63) is 134 Å². The molecule has 0 heterocycles. The Kier molecular flexibility index (Phi) is 66.5. The molecule has 0 N–H and O–H groups in total. The van der Waals surface area contributed by atoms with Gasteiger partial charge in [-0.1, -0.05) is 321 Å². The summed E-state index contributed by atoms with van der Waals surface area (Å²) < 4.78 is 34.4. The van der Waals surface area contributed by atoms with Gasteiger partial charge in [-0.05, 0) is 109 Å². The predicted molar refractivity (Wildman–Crippen MR) is 388 cm³/mol. The molecule has 0 aliphatic heterocycles. The number of esters is 2. The molecule has 2 unspecified atom stereocenters. The lowest BCUT2D eigenvalue weighted by Crippen LogP contribution is -2.37. The van der Waals surface area contributed by atoms with Crippen molar-refractivity contribution >= 4 is 19.8 Å². The Hall–Kier alpha value is -3.85. The summed E-state index contributed by atoms with van der Waals surface area (Å²) in [5, 5.41) is 0. The van der Waals surface area contributed by atoms with Crippen LogP contribution in [0, 0.1) is 0 Å². The highest BCUT2D eigenvalue weighted by Gasteiger charge is 2.22. The van der Waals surface area contributed by atoms with Crippen molar-refractivity contribution in [2.45, 2.75) is 315 Å². The molecule has 0 saturated carbocycles. The fourth-order valence-electron chi connectivity index (χ4n) is 10.1. The monoisotopic (exact) mass is 1270 g/mol. The Morgan fingerprint density at radius 1 is 0.344 bits per heavy atom. The number of allylic oxidation sites excluding steroid dienone is 22. The van der Waals surface area contributed by atoms with Crippen LogP contribution in [0.4, 0.5) is 0 Å². The maximum Gasteiger partial charge on any atom is 0.306 e. The maximum atomic E-state index is 12.9. The molecule has 0 bridgehead atoms. The second kappa shape index (κ2) is 69.5. The van der Waals surface area contributed by atoms with Crippen LogP contribution in [0.5, 0.6) is 0 Å². The third kappa shape index (κ3) is 73.2. The van der Waals surface area contributed by atoms with Crippen molar-refractivity contribution in [2.75, 3.05) is 47.5 Å². The number of carbonyl (C=O) groups excluding carboxylic acids is 2. The van der Waals surface area contributed by atoms with Crippen LogP contribution >= 0.6 is 7.82 Å². The average Bonchev–Trinajstić information content (AvgIpc) is 3.61. The van der Waals surface area contributed by atoms with Crippen LogP contribution in [-0.2, 0) is 32.7 Å². The van der Waals surface area contributed by atoms with Gasteiger partial charge in [0.1, 0.15) is 19.8 Å². The third-order valence-corrected chi connectivity index (χ3v) is 16.6. The van der Waals surface area contributed by atoms with E-state index in [2.05, 4.69) is 148 Å². The lowest BCUT2D eigenvalue weighted by atomic mass is 10.0. The molecular weight excluding hydrogens is 1130 g/mol. The fourth-order valence-corrected chi connectivity index (χ4v) is 10.8. The Morgan fingerprint density at radius 3 is 0.889 bits per heavy atom. The first kappa shape index (κ1) is 86.2. The van der Waals surface area contributed by atoms with Gasteiger partial charge in [-0.3, -0.25) is 14.2 Å². The van der Waals surface area contributed by atoms with Crippen molar-refractivity contribution < 1.29 is 42.1 Å². The molecule has 0 rings (SSSR count). The SMILES string of the molecule is CC/C=C\C/C=C\C/C=C\C/C=C\C/C=C\C/C=C\CCCCCCCCCCCCCCCCCCC(=O)OC(COC(=O)CCCCCCCCCCCCCCCCC/C=C\C/C=C\C/C=C\C/C=C\C/C=C\CC)COP(=O)([O-])OCC[N+](C)(C)C. The molecule has 0 aromatic rings. The lowest BCUT2D eigenvalue weighted by Gasteiger charge is -2.28. The van der Waals surface area contributed by atoms with Crippen molar-refractivity contribution in [1.29, 1.82) is 0 Å². The number of nitrogens with zero attached hydrogens (tertiary/aromatic N) is 1. The summed E-state index contributed by atoms with van der Waals surface area (Å²) >= 11 is 0. The number of carbonyl (C=O) groups is 2. The number of hydrogen-bond donors (Lipinski definition) is 0. The van der Waals surface area contributed by atoms with Crippen LogP contribution in [0.25, 0.3) is 0 Å². The summed E-state index contributed by atoms with van der Waals surface area (Å²) in [6, 6.07) is 0. The van der Waals surface area contributed by atoms with E-state index in [1.807, 2.05) is 21.1 Å². The smallest absolute Gasteiger partial charge is 0.306 e. The van der Waals surface area contributed by atoms with Crippen molar-refractivity contribution in [2.24, 2.45) is 0 Å². The number of rotatable bonds is 67. The standard InChI is InChI=1S/C80H138NO8P/c1-6-8-10-12-14-16-18-20-22-24-26-28-30-32-34-36-38-39-40-41-43-45-47-49-51-53-55-57-59-61-63-65-67-69-71-73-80(83)89-78(77-88-90(84,85)87-75-74-81(3,4)5)76-86-79(82)72-70-68-66-64-62-60-58-56-54-52-50-48-46-44-42-37-35-33-31-29-27-25-23-21-19-17-15-13-11-9-7-2/h8-11,14-17,20-23,26-29,32-35,38-39,78H,6-7,12-13,18-19,24-25,30-31,36-37,40-77H2,1-5H3/b10-8-,11-9-,16-14-,17-15-,22-20-,23-21-,28-26-,29-27-,34-32-,35-33-,39-38-. The molecular formula is C80H138NO8P. The van der Waals surface area contributed by atoms with Gasteiger partial charge in [-0.15, -0.1) is 0 Å². The molecule has 10 heteroatoms. The molecule has 90 heavy (non-hydrogen) atoms. The topological polar surface area (TPSA) is 111 Å². The number of phosphoric ester groups is 1. The van der Waals surface area contributed by atoms with Crippen LogP contribution in [0.1, 0.15) is 309 Å². The van der Waals surface area contributed by atoms with E-state index in [1.165, 1.54) is 167 Å². The first-order chi connectivity index (χ1) is 44.0. The van der Waals surface area contributed by atoms with E-state index in [4.69, 9.17) is 18.5 Å². The Labute approximate surface area is 555 Å². The van der Waals surface area contributed by atoms with Gasteiger partial charge in [0.05, 0.1) is 27.7 Å². The Bertz CT molecular complexity index is 1980. The molecule has 0 radical (unpaired) electrons. The summed E-state index contributed by atoms with van der Waals surface area (Å²) in [5.41, 5.74) is 0. The summed E-state index contributed by atoms with van der Waals surface area (Å²) in [5.74, 6) is -0.828. The minimum atomic E-state index is -4.65. The number of unbranched alkanes of at least 4 members (excludes halogenated alkanes) is 31. The normalized spacial score (nSPS) is 13.9. The number of phosphoric acid groups is 1. The lowest BCUT2D eigenvalue weighted by molar-refractivity contribution is -0.870. The first-order valence-corrected chi connectivity index (χ1v) is 38.4. The summed E-state index contributed by atoms with van der Waals surface area (Å²) in [6.07, 6.45) is 101. The zero-order valence-electron chi connectivity index (χ0n) is 58.8. The zero-order valence-corrected chi connectivity index (χ0v) is 59.7. The van der Waals surface area contributed by atoms with Crippen LogP contribution in [0.2, 0.25) is 0 Å². The molecule has 0 aromatic carbocycles. The average molecular weight is 1270 g/mol. The van der Waals surface area contributed by atoms with Crippen LogP contribution in [0.15, 0.2) is 134 Å². The van der Waals surface area contributed by atoms with Gasteiger partial charge >= 0.3 is 11.9 Å². The highest BCUT2D eigenvalue weighted by Crippen LogP contribution is 2.38. The molecule has 0 amide bonds. The van der Waals surface area contributed by atoms with Gasteiger partial charge < -0.3 is 27.9 Å². The van der Waals surface area contributed by atoms with Crippen molar-refractivity contribution in [3.63, 3.8) is 0 Å². The minimum absolute atomic E-state index is 0.0345. The molecule has 516 valence electrons. The molecule has 2 atom stereocenters. The van der Waals surface area contributed by atoms with Gasteiger partial charge in [-0.25, -0.2) is 0 Å². The fraction of sp³-hybridized carbons (Fsp3) is 0.700. The molecule has 0 saturated heterocycles. The number of hydrogen-bond acceptors (Lipinski definition) is 8. The number of likely N-dealkylation sites (N-methyl/N-ethyl adjacent to an activating group) is 1. The predicted octanol–water partition coefficient (Wildman–Crippen LogP) is 23.8. The third-order valence-electron chi connectivity index (χ3n) is 15.7. The van der Waals surface area contributed by atoms with Crippen LogP contribution in [0.3, 0.4) is 0 Å². The van der Waals surface area contributed by atoms with Crippen LogP contribution < -0.4 is 4.89 Å². The number of ether oxygens (including phenoxy) is 2. The van der Waals surface area contributed by atoms with E-state index >= 15 is 0 Å². The Balaban J connectivity index is 4.02. The zero-order chi connectivity index (χ0) is 65.5. The van der Waals surface area contributed by atoms with Gasteiger partial charge in [-0.2, -0.15) is 0 Å². The van der Waals surface area contributed by atoms with Gasteiger partial charge in [0.2, 0.25) is 0 Å². The summed E-state index contributed by atoms with van der Waals surface area (Å²) in [7, 11) is 1.16. The van der Waals surface area contributed by atoms with E-state index in [0.717, 1.165) is 109 Å². The molecule has 0 aliphatic rings. The van der Waals surface area contributed by atoms with E-state index in [9.17, 15) is 19.0 Å². The summed E-state index contributed by atoms with van der Waals surface area (Å²) in [6.45, 7) is 4.04. The van der Waals surface area contributed by atoms with E-state index < -0.39 is 26.5 Å². The second-order valence-electron chi connectivity index (χ2n) is 25.5. The Morgan fingerprint density at radius 2 is 0.600 bits per heavy atom. The van der Waals surface area contributed by atoms with Gasteiger partial charge in [0, 0.05) is 12.8 Å². The van der Waals surface area contributed by atoms with E-state index in [0.29, 0.717) is 17.4 Å². The molecule has 0 fully saturated rings. The second-order valence-corrected chi connectivity index (χ2v) is 27.0. The van der Waals surface area contributed by atoms with Crippen LogP contribution in [-0.4, -0.2) is 70.0 Å². The maximum absolute atomic E-state index is 12.9. The van der Waals surface area contributed by atoms with E-state index in [1.54, 1.807) is 0 Å². The van der Waals surface area contributed by atoms with Crippen molar-refractivity contribution in [1.82, 2.24) is 0 Å². The van der Waals surface area contributed by atoms with Crippen molar-refractivity contribution in [3.8, 4) is 0 Å². The minimum Gasteiger partial charge on any atom is -0.756 e. The van der Waals surface area contributed by atoms with E-state index in [-0.39, 0.29) is 32.0 Å². The van der Waals surface area contributed by atoms with Gasteiger partial charge in [0.25, 0.3) is 7.82 Å². The quantitative estimate of drug-likeness (QED) is 0.0195. The highest BCUT2D eigenvalue weighted by atomic mass is 31.2. The molecule has 0 aliphatic carbocycles. The molecule has 0 aromatic heterocycles. The highest BCUT2D eigenvalue weighted by molar-refractivity contribution is 7.45. The summed E-state index contributed by atoms with van der Waals surface area (Å²) in [4.78, 5) is 38.1. The largest absolute Gasteiger partial charge is 0.756 e. The first-order valence-electron chi connectivity index (χ1n) is 36.9. The van der Waals surface area contributed by atoms with Gasteiger partial charge in [0.15, 0.2) is 6.10 Å². The molecule has 9 nitrogen and oxygen atoms in total. The number of quaternary nitrogens is 1.